The average Bonchev–Trinajstić information content (AvgIpc) is 2.38. The maximum Gasteiger partial charge on any atom is 0.270 e. The number of thioether (sulfide) groups is 1. The predicted molar refractivity (Wildman–Crippen MR) is 78.8 cm³/mol. The Morgan fingerprint density at radius 1 is 1.45 bits per heavy atom. The number of nitrogens with zero attached hydrogens (tertiary/aromatic N) is 1. The molecular formula is C13H18F2N2O2S. The first-order valence-electron chi connectivity index (χ1n) is 6.36. The van der Waals surface area contributed by atoms with Crippen LogP contribution in [0, 0.1) is 10.1 Å². The molecule has 20 heavy (non-hydrogen) atoms. The SMILES string of the molecule is CCSCCC(C)Nc1ccc([N+](=O)[O-])cc1C(F)F. The van der Waals surface area contributed by atoms with Crippen molar-refractivity contribution in [2.24, 2.45) is 0 Å². The van der Waals surface area contributed by atoms with Crippen LogP contribution in [0.1, 0.15) is 32.3 Å². The molecule has 0 bridgehead atoms. The van der Waals surface area contributed by atoms with Gasteiger partial charge in [0.25, 0.3) is 12.1 Å². The molecule has 0 saturated carbocycles. The third-order valence-electron chi connectivity index (χ3n) is 2.78. The summed E-state index contributed by atoms with van der Waals surface area (Å²) >= 11 is 1.79. The molecule has 0 spiro atoms. The molecule has 4 nitrogen and oxygen atoms in total. The predicted octanol–water partition coefficient (Wildman–Crippen LogP) is 4.48. The maximum absolute atomic E-state index is 13.0. The Morgan fingerprint density at radius 3 is 2.70 bits per heavy atom. The number of rotatable bonds is 8. The van der Waals surface area contributed by atoms with Gasteiger partial charge >= 0.3 is 0 Å². The van der Waals surface area contributed by atoms with Gasteiger partial charge in [-0.3, -0.25) is 10.1 Å². The minimum atomic E-state index is -2.74. The first-order valence-corrected chi connectivity index (χ1v) is 7.52. The lowest BCUT2D eigenvalue weighted by Crippen LogP contribution is -2.17. The number of anilines is 1. The van der Waals surface area contributed by atoms with E-state index in [0.29, 0.717) is 0 Å². The quantitative estimate of drug-likeness (QED) is 0.437. The molecule has 0 heterocycles. The molecule has 0 amide bonds. The van der Waals surface area contributed by atoms with Gasteiger partial charge in [-0.25, -0.2) is 8.78 Å². The summed E-state index contributed by atoms with van der Waals surface area (Å²) in [4.78, 5) is 9.95. The molecule has 1 aromatic rings. The molecule has 1 rings (SSSR count). The highest BCUT2D eigenvalue weighted by Crippen LogP contribution is 2.31. The van der Waals surface area contributed by atoms with Crippen LogP contribution in [0.5, 0.6) is 0 Å². The van der Waals surface area contributed by atoms with Crippen molar-refractivity contribution in [1.82, 2.24) is 0 Å². The molecule has 1 N–H and O–H groups in total. The van der Waals surface area contributed by atoms with Crippen LogP contribution in [0.25, 0.3) is 0 Å². The van der Waals surface area contributed by atoms with Crippen LogP contribution >= 0.6 is 11.8 Å². The number of nitro benzene ring substituents is 1. The Bertz CT molecular complexity index is 458. The molecule has 0 aromatic heterocycles. The number of hydrogen-bond acceptors (Lipinski definition) is 4. The first kappa shape index (κ1) is 16.7. The smallest absolute Gasteiger partial charge is 0.270 e. The molecule has 0 aliphatic rings. The number of nitro groups is 1. The lowest BCUT2D eigenvalue weighted by atomic mass is 10.1. The van der Waals surface area contributed by atoms with Crippen molar-refractivity contribution in [1.29, 1.82) is 0 Å². The molecule has 0 saturated heterocycles. The number of nitrogens with one attached hydrogen (secondary N) is 1. The largest absolute Gasteiger partial charge is 0.382 e. The first-order chi connectivity index (χ1) is 9.45. The van der Waals surface area contributed by atoms with Crippen molar-refractivity contribution in [3.05, 3.63) is 33.9 Å². The van der Waals surface area contributed by atoms with E-state index < -0.39 is 11.3 Å². The Kier molecular flexibility index (Phi) is 6.70. The van der Waals surface area contributed by atoms with Crippen LogP contribution in [0.3, 0.4) is 0 Å². The third-order valence-corrected chi connectivity index (χ3v) is 3.71. The zero-order valence-electron chi connectivity index (χ0n) is 11.4. The lowest BCUT2D eigenvalue weighted by Gasteiger charge is -2.17. The maximum atomic E-state index is 13.0. The molecule has 112 valence electrons. The highest BCUT2D eigenvalue weighted by Gasteiger charge is 2.18. The zero-order chi connectivity index (χ0) is 15.1. The number of non-ortho nitro benzene ring substituents is 1. The van der Waals surface area contributed by atoms with Gasteiger partial charge in [0.2, 0.25) is 0 Å². The number of hydrogen-bond donors (Lipinski definition) is 1. The molecule has 0 aliphatic heterocycles. The summed E-state index contributed by atoms with van der Waals surface area (Å²) in [5.74, 6) is 1.97. The Labute approximate surface area is 121 Å². The fourth-order valence-electron chi connectivity index (χ4n) is 1.72. The molecule has 1 atom stereocenters. The summed E-state index contributed by atoms with van der Waals surface area (Å²) in [5.41, 5.74) is -0.381. The Morgan fingerprint density at radius 2 is 2.15 bits per heavy atom. The Balaban J connectivity index is 2.80. The van der Waals surface area contributed by atoms with Gasteiger partial charge in [0.1, 0.15) is 0 Å². The summed E-state index contributed by atoms with van der Waals surface area (Å²) in [5, 5.41) is 13.6. The van der Waals surface area contributed by atoms with E-state index in [4.69, 9.17) is 0 Å². The standard InChI is InChI=1S/C13H18F2N2O2S/c1-3-20-7-6-9(2)16-12-5-4-10(17(18)19)8-11(12)13(14)15/h4-5,8-9,13,16H,3,6-7H2,1-2H3. The summed E-state index contributed by atoms with van der Waals surface area (Å²) in [6.45, 7) is 3.97. The van der Waals surface area contributed by atoms with E-state index >= 15 is 0 Å². The van der Waals surface area contributed by atoms with E-state index in [1.807, 2.05) is 6.92 Å². The number of alkyl halides is 2. The van der Waals surface area contributed by atoms with Crippen LogP contribution < -0.4 is 5.32 Å². The topological polar surface area (TPSA) is 55.2 Å². The summed E-state index contributed by atoms with van der Waals surface area (Å²) in [6, 6.07) is 3.55. The van der Waals surface area contributed by atoms with Crippen molar-refractivity contribution in [3.8, 4) is 0 Å². The van der Waals surface area contributed by atoms with Crippen molar-refractivity contribution in [2.75, 3.05) is 16.8 Å². The third kappa shape index (κ3) is 4.96. The van der Waals surface area contributed by atoms with Crippen LogP contribution in [0.15, 0.2) is 18.2 Å². The van der Waals surface area contributed by atoms with Gasteiger partial charge in [-0.05, 0) is 30.9 Å². The summed E-state index contributed by atoms with van der Waals surface area (Å²) in [6.07, 6.45) is -1.90. The van der Waals surface area contributed by atoms with Gasteiger partial charge in [-0.2, -0.15) is 11.8 Å². The molecule has 1 aromatic carbocycles. The van der Waals surface area contributed by atoms with Gasteiger partial charge in [0, 0.05) is 29.4 Å². The summed E-state index contributed by atoms with van der Waals surface area (Å²) < 4.78 is 25.9. The van der Waals surface area contributed by atoms with E-state index in [1.165, 1.54) is 12.1 Å². The number of benzene rings is 1. The molecule has 0 radical (unpaired) electrons. The van der Waals surface area contributed by atoms with Gasteiger partial charge < -0.3 is 5.32 Å². The highest BCUT2D eigenvalue weighted by atomic mass is 32.2. The van der Waals surface area contributed by atoms with Gasteiger partial charge in [0.05, 0.1) is 4.92 Å². The van der Waals surface area contributed by atoms with E-state index in [2.05, 4.69) is 12.2 Å². The van der Waals surface area contributed by atoms with Gasteiger partial charge in [-0.15, -0.1) is 0 Å². The fraction of sp³-hybridized carbons (Fsp3) is 0.538. The fourth-order valence-corrected chi connectivity index (χ4v) is 2.53. The van der Waals surface area contributed by atoms with E-state index in [-0.39, 0.29) is 23.0 Å². The van der Waals surface area contributed by atoms with E-state index in [9.17, 15) is 18.9 Å². The van der Waals surface area contributed by atoms with E-state index in [0.717, 1.165) is 24.0 Å². The van der Waals surface area contributed by atoms with Crippen LogP contribution in [-0.2, 0) is 0 Å². The lowest BCUT2D eigenvalue weighted by molar-refractivity contribution is -0.385. The second-order valence-electron chi connectivity index (χ2n) is 4.36. The molecule has 7 heteroatoms. The van der Waals surface area contributed by atoms with Crippen molar-refractivity contribution in [2.45, 2.75) is 32.7 Å². The average molecular weight is 304 g/mol. The second kappa shape index (κ2) is 8.04. The molecule has 0 fully saturated rings. The highest BCUT2D eigenvalue weighted by molar-refractivity contribution is 7.99. The van der Waals surface area contributed by atoms with Crippen molar-refractivity contribution in [3.63, 3.8) is 0 Å². The minimum absolute atomic E-state index is 0.0352. The van der Waals surface area contributed by atoms with Crippen LogP contribution in [-0.4, -0.2) is 22.5 Å². The zero-order valence-corrected chi connectivity index (χ0v) is 12.3. The van der Waals surface area contributed by atoms with Crippen molar-refractivity contribution >= 4 is 23.1 Å². The minimum Gasteiger partial charge on any atom is -0.382 e. The second-order valence-corrected chi connectivity index (χ2v) is 5.75. The van der Waals surface area contributed by atoms with Gasteiger partial charge in [0.15, 0.2) is 0 Å². The van der Waals surface area contributed by atoms with Crippen molar-refractivity contribution < 1.29 is 13.7 Å². The summed E-state index contributed by atoms with van der Waals surface area (Å²) in [7, 11) is 0. The normalized spacial score (nSPS) is 12.4. The van der Waals surface area contributed by atoms with E-state index in [1.54, 1.807) is 11.8 Å². The number of halogens is 2. The van der Waals surface area contributed by atoms with Gasteiger partial charge in [-0.1, -0.05) is 6.92 Å². The monoisotopic (exact) mass is 304 g/mol. The molecule has 0 aliphatic carbocycles. The molecule has 1 unspecified atom stereocenters. The van der Waals surface area contributed by atoms with Crippen LogP contribution in [0.2, 0.25) is 0 Å². The Hall–Kier alpha value is -1.37. The van der Waals surface area contributed by atoms with Crippen LogP contribution in [0.4, 0.5) is 20.2 Å². The molecular weight excluding hydrogens is 286 g/mol.